The van der Waals surface area contributed by atoms with Crippen LogP contribution in [0.2, 0.25) is 0 Å². The Morgan fingerprint density at radius 3 is 2.68 bits per heavy atom. The van der Waals surface area contributed by atoms with Crippen molar-refractivity contribution in [3.05, 3.63) is 64.1 Å². The number of hydrogen-bond donors (Lipinski definition) is 1. The van der Waals surface area contributed by atoms with E-state index in [0.717, 1.165) is 17.6 Å². The van der Waals surface area contributed by atoms with E-state index >= 15 is 0 Å². The maximum absolute atomic E-state index is 3.56. The minimum Gasteiger partial charge on any atom is -0.312 e. The number of nitrogens with one attached hydrogen (secondary N) is 1. The first-order valence-corrected chi connectivity index (χ1v) is 8.18. The standard InChI is InChI=1S/C16H16BrNS/c17-14-7-5-12(6-8-14)10-18-11-15-9-13-3-1-2-4-16(13)19-15/h1-8,15,18H,9-11H2. The van der Waals surface area contributed by atoms with Gasteiger partial charge in [0.2, 0.25) is 0 Å². The van der Waals surface area contributed by atoms with Gasteiger partial charge in [-0.2, -0.15) is 0 Å². The van der Waals surface area contributed by atoms with Gasteiger partial charge in [-0.05, 0) is 35.7 Å². The van der Waals surface area contributed by atoms with Crippen LogP contribution in [0, 0.1) is 0 Å². The van der Waals surface area contributed by atoms with Crippen LogP contribution in [-0.4, -0.2) is 11.8 Å². The summed E-state index contributed by atoms with van der Waals surface area (Å²) in [7, 11) is 0. The molecule has 0 aliphatic carbocycles. The molecule has 0 bridgehead atoms. The molecule has 2 aromatic rings. The molecular formula is C16H16BrNS. The van der Waals surface area contributed by atoms with E-state index in [-0.39, 0.29) is 0 Å². The van der Waals surface area contributed by atoms with Crippen LogP contribution in [0.5, 0.6) is 0 Å². The predicted molar refractivity (Wildman–Crippen MR) is 85.6 cm³/mol. The molecule has 0 aromatic heterocycles. The molecule has 0 radical (unpaired) electrons. The molecule has 19 heavy (non-hydrogen) atoms. The molecule has 1 atom stereocenters. The fourth-order valence-electron chi connectivity index (χ4n) is 2.35. The van der Waals surface area contributed by atoms with Crippen molar-refractivity contribution in [2.24, 2.45) is 0 Å². The van der Waals surface area contributed by atoms with E-state index in [1.807, 2.05) is 11.8 Å². The third kappa shape index (κ3) is 3.41. The molecule has 0 spiro atoms. The summed E-state index contributed by atoms with van der Waals surface area (Å²) in [6, 6.07) is 17.3. The predicted octanol–water partition coefficient (Wildman–Crippen LogP) is 4.26. The third-order valence-electron chi connectivity index (χ3n) is 3.33. The van der Waals surface area contributed by atoms with Crippen LogP contribution in [0.3, 0.4) is 0 Å². The van der Waals surface area contributed by atoms with E-state index in [1.165, 1.54) is 22.4 Å². The zero-order valence-electron chi connectivity index (χ0n) is 10.6. The summed E-state index contributed by atoms with van der Waals surface area (Å²) in [5, 5.41) is 4.24. The molecule has 1 heterocycles. The number of thioether (sulfide) groups is 1. The Bertz CT molecular complexity index is 528. The van der Waals surface area contributed by atoms with E-state index in [1.54, 1.807) is 0 Å². The summed E-state index contributed by atoms with van der Waals surface area (Å²) in [4.78, 5) is 1.46. The van der Waals surface area contributed by atoms with Gasteiger partial charge in [0.25, 0.3) is 0 Å². The minimum atomic E-state index is 0.674. The molecule has 1 aliphatic heterocycles. The summed E-state index contributed by atoms with van der Waals surface area (Å²) < 4.78 is 1.14. The summed E-state index contributed by atoms with van der Waals surface area (Å²) in [5.74, 6) is 0. The van der Waals surface area contributed by atoms with Crippen LogP contribution < -0.4 is 5.32 Å². The van der Waals surface area contributed by atoms with Crippen LogP contribution in [0.15, 0.2) is 57.9 Å². The van der Waals surface area contributed by atoms with Crippen molar-refractivity contribution in [3.63, 3.8) is 0 Å². The van der Waals surface area contributed by atoms with Gasteiger partial charge in [-0.15, -0.1) is 11.8 Å². The first-order chi connectivity index (χ1) is 9.31. The lowest BCUT2D eigenvalue weighted by molar-refractivity contribution is 0.665. The van der Waals surface area contributed by atoms with Gasteiger partial charge in [-0.1, -0.05) is 46.3 Å². The summed E-state index contributed by atoms with van der Waals surface area (Å²) in [6.45, 7) is 2.01. The van der Waals surface area contributed by atoms with E-state index in [4.69, 9.17) is 0 Å². The van der Waals surface area contributed by atoms with E-state index in [9.17, 15) is 0 Å². The highest BCUT2D eigenvalue weighted by Crippen LogP contribution is 2.36. The second-order valence-electron chi connectivity index (χ2n) is 4.81. The monoisotopic (exact) mass is 333 g/mol. The first-order valence-electron chi connectivity index (χ1n) is 6.51. The van der Waals surface area contributed by atoms with Crippen LogP contribution in [-0.2, 0) is 13.0 Å². The number of halogens is 1. The van der Waals surface area contributed by atoms with Crippen molar-refractivity contribution in [2.45, 2.75) is 23.1 Å². The van der Waals surface area contributed by atoms with Crippen molar-refractivity contribution in [2.75, 3.05) is 6.54 Å². The van der Waals surface area contributed by atoms with Crippen molar-refractivity contribution < 1.29 is 0 Å². The number of benzene rings is 2. The van der Waals surface area contributed by atoms with Crippen LogP contribution >= 0.6 is 27.7 Å². The molecule has 1 nitrogen and oxygen atoms in total. The number of hydrogen-bond acceptors (Lipinski definition) is 2. The number of fused-ring (bicyclic) bond motifs is 1. The average Bonchev–Trinajstić information content (AvgIpc) is 2.83. The third-order valence-corrected chi connectivity index (χ3v) is 5.18. The highest BCUT2D eigenvalue weighted by molar-refractivity contribution is 9.10. The molecule has 0 amide bonds. The molecule has 0 fully saturated rings. The molecule has 98 valence electrons. The lowest BCUT2D eigenvalue weighted by Gasteiger charge is -2.10. The molecule has 3 rings (SSSR count). The van der Waals surface area contributed by atoms with Gasteiger partial charge in [0, 0.05) is 27.7 Å². The summed E-state index contributed by atoms with van der Waals surface area (Å²) in [5.41, 5.74) is 2.84. The fraction of sp³-hybridized carbons (Fsp3) is 0.250. The van der Waals surface area contributed by atoms with Crippen LogP contribution in [0.4, 0.5) is 0 Å². The Hall–Kier alpha value is -0.770. The van der Waals surface area contributed by atoms with Crippen LogP contribution in [0.25, 0.3) is 0 Å². The Morgan fingerprint density at radius 1 is 1.11 bits per heavy atom. The molecule has 2 aromatic carbocycles. The Balaban J connectivity index is 1.48. The fourth-order valence-corrected chi connectivity index (χ4v) is 3.89. The molecule has 3 heteroatoms. The van der Waals surface area contributed by atoms with Crippen molar-refractivity contribution in [1.29, 1.82) is 0 Å². The molecule has 0 saturated heterocycles. The maximum atomic E-state index is 3.56. The normalized spacial score (nSPS) is 17.4. The second-order valence-corrected chi connectivity index (χ2v) is 7.07. The Labute approximate surface area is 126 Å². The van der Waals surface area contributed by atoms with E-state index < -0.39 is 0 Å². The summed E-state index contributed by atoms with van der Waals surface area (Å²) >= 11 is 5.46. The lowest BCUT2D eigenvalue weighted by atomic mass is 10.1. The van der Waals surface area contributed by atoms with Gasteiger partial charge in [0.1, 0.15) is 0 Å². The summed E-state index contributed by atoms with van der Waals surface area (Å²) in [6.07, 6.45) is 1.19. The molecule has 1 aliphatic rings. The lowest BCUT2D eigenvalue weighted by Crippen LogP contribution is -2.23. The topological polar surface area (TPSA) is 12.0 Å². The minimum absolute atomic E-state index is 0.674. The van der Waals surface area contributed by atoms with Gasteiger partial charge in [0.15, 0.2) is 0 Å². The van der Waals surface area contributed by atoms with Crippen LogP contribution in [0.1, 0.15) is 11.1 Å². The SMILES string of the molecule is Brc1ccc(CNCC2Cc3ccccc3S2)cc1. The van der Waals surface area contributed by atoms with Gasteiger partial charge in [-0.3, -0.25) is 0 Å². The quantitative estimate of drug-likeness (QED) is 0.897. The first kappa shape index (κ1) is 13.2. The van der Waals surface area contributed by atoms with Gasteiger partial charge in [0.05, 0.1) is 0 Å². The van der Waals surface area contributed by atoms with E-state index in [2.05, 4.69) is 69.8 Å². The van der Waals surface area contributed by atoms with Crippen molar-refractivity contribution >= 4 is 27.7 Å². The largest absolute Gasteiger partial charge is 0.312 e. The van der Waals surface area contributed by atoms with E-state index in [0.29, 0.717) is 5.25 Å². The highest BCUT2D eigenvalue weighted by Gasteiger charge is 2.20. The maximum Gasteiger partial charge on any atom is 0.0260 e. The number of rotatable bonds is 4. The highest BCUT2D eigenvalue weighted by atomic mass is 79.9. The average molecular weight is 334 g/mol. The van der Waals surface area contributed by atoms with Gasteiger partial charge < -0.3 is 5.32 Å². The molecule has 1 unspecified atom stereocenters. The molecular weight excluding hydrogens is 318 g/mol. The Morgan fingerprint density at radius 2 is 1.89 bits per heavy atom. The van der Waals surface area contributed by atoms with Crippen molar-refractivity contribution in [1.82, 2.24) is 5.32 Å². The zero-order valence-corrected chi connectivity index (χ0v) is 13.0. The molecule has 1 N–H and O–H groups in total. The molecule has 0 saturated carbocycles. The van der Waals surface area contributed by atoms with Gasteiger partial charge in [-0.25, -0.2) is 0 Å². The van der Waals surface area contributed by atoms with Gasteiger partial charge >= 0.3 is 0 Å². The smallest absolute Gasteiger partial charge is 0.0260 e. The Kier molecular flexibility index (Phi) is 4.26. The van der Waals surface area contributed by atoms with Crippen molar-refractivity contribution in [3.8, 4) is 0 Å². The second kappa shape index (κ2) is 6.12. The zero-order chi connectivity index (χ0) is 13.1.